The van der Waals surface area contributed by atoms with Gasteiger partial charge in [-0.3, -0.25) is 4.79 Å². The van der Waals surface area contributed by atoms with Crippen molar-refractivity contribution in [3.05, 3.63) is 35.5 Å². The third-order valence-electron chi connectivity index (χ3n) is 1.87. The summed E-state index contributed by atoms with van der Waals surface area (Å²) in [6, 6.07) is 0. The number of hydrogen-bond acceptors (Lipinski definition) is 3. The molecular formula is C11H13NO3. The van der Waals surface area contributed by atoms with E-state index >= 15 is 0 Å². The second-order valence-corrected chi connectivity index (χ2v) is 3.26. The summed E-state index contributed by atoms with van der Waals surface area (Å²) in [6.45, 7) is 3.13. The molecule has 0 unspecified atom stereocenters. The molecule has 0 spiro atoms. The zero-order valence-corrected chi connectivity index (χ0v) is 8.74. The van der Waals surface area contributed by atoms with E-state index in [4.69, 9.17) is 0 Å². The normalized spacial score (nSPS) is 12.8. The van der Waals surface area contributed by atoms with Crippen LogP contribution in [0.5, 0.6) is 0 Å². The fourth-order valence-corrected chi connectivity index (χ4v) is 1.14. The Morgan fingerprint density at radius 1 is 1.27 bits per heavy atom. The van der Waals surface area contributed by atoms with Crippen LogP contribution in [0.2, 0.25) is 0 Å². The molecule has 0 aromatic carbocycles. The van der Waals surface area contributed by atoms with Gasteiger partial charge in [0.05, 0.1) is 6.42 Å². The van der Waals surface area contributed by atoms with Gasteiger partial charge >= 0.3 is 5.97 Å². The SMILES string of the molecule is CC(=O)NOC(=O)CC(C)=C1C=CC=C1. The third kappa shape index (κ3) is 3.81. The first-order valence-electron chi connectivity index (χ1n) is 4.60. The van der Waals surface area contributed by atoms with Crippen molar-refractivity contribution in [2.75, 3.05) is 0 Å². The highest BCUT2D eigenvalue weighted by atomic mass is 16.7. The molecule has 0 atom stereocenters. The molecule has 1 aliphatic carbocycles. The lowest BCUT2D eigenvalue weighted by molar-refractivity contribution is -0.156. The Morgan fingerprint density at radius 2 is 1.87 bits per heavy atom. The molecule has 0 bridgehead atoms. The second-order valence-electron chi connectivity index (χ2n) is 3.26. The molecule has 80 valence electrons. The van der Waals surface area contributed by atoms with Crippen molar-refractivity contribution in [3.63, 3.8) is 0 Å². The maximum absolute atomic E-state index is 11.2. The number of nitrogens with one attached hydrogen (secondary N) is 1. The van der Waals surface area contributed by atoms with Crippen molar-refractivity contribution < 1.29 is 14.4 Å². The van der Waals surface area contributed by atoms with Crippen molar-refractivity contribution >= 4 is 11.9 Å². The Labute approximate surface area is 88.3 Å². The number of hydrogen-bond donors (Lipinski definition) is 1. The van der Waals surface area contributed by atoms with Gasteiger partial charge in [0, 0.05) is 6.92 Å². The minimum atomic E-state index is -0.469. The van der Waals surface area contributed by atoms with Gasteiger partial charge in [0.25, 0.3) is 0 Å². The fourth-order valence-electron chi connectivity index (χ4n) is 1.14. The van der Waals surface area contributed by atoms with Crippen LogP contribution in [0.15, 0.2) is 35.5 Å². The van der Waals surface area contributed by atoms with E-state index in [9.17, 15) is 9.59 Å². The highest BCUT2D eigenvalue weighted by Crippen LogP contribution is 2.15. The molecule has 15 heavy (non-hydrogen) atoms. The van der Waals surface area contributed by atoms with Crippen LogP contribution in [0, 0.1) is 0 Å². The molecule has 0 heterocycles. The molecule has 4 heteroatoms. The van der Waals surface area contributed by atoms with Crippen LogP contribution in [0.25, 0.3) is 0 Å². The van der Waals surface area contributed by atoms with E-state index in [1.165, 1.54) is 6.92 Å². The summed E-state index contributed by atoms with van der Waals surface area (Å²) in [5.41, 5.74) is 3.92. The molecule has 0 radical (unpaired) electrons. The minimum Gasteiger partial charge on any atom is -0.340 e. The summed E-state index contributed by atoms with van der Waals surface area (Å²) in [6.07, 6.45) is 7.81. The number of carbonyl (C=O) groups excluding carboxylic acids is 2. The maximum Gasteiger partial charge on any atom is 0.336 e. The van der Waals surface area contributed by atoms with E-state index in [1.807, 2.05) is 36.7 Å². The van der Waals surface area contributed by atoms with Gasteiger partial charge in [0.15, 0.2) is 0 Å². The maximum atomic E-state index is 11.2. The smallest absolute Gasteiger partial charge is 0.336 e. The van der Waals surface area contributed by atoms with E-state index in [0.29, 0.717) is 0 Å². The van der Waals surface area contributed by atoms with Crippen LogP contribution in [0.4, 0.5) is 0 Å². The number of rotatable bonds is 2. The molecule has 1 rings (SSSR count). The van der Waals surface area contributed by atoms with Crippen molar-refractivity contribution in [2.45, 2.75) is 20.3 Å². The highest BCUT2D eigenvalue weighted by Gasteiger charge is 2.08. The number of carbonyl (C=O) groups is 2. The molecule has 0 aromatic heterocycles. The van der Waals surface area contributed by atoms with Gasteiger partial charge in [-0.15, -0.1) is 0 Å². The molecule has 0 saturated heterocycles. The zero-order chi connectivity index (χ0) is 11.3. The Hall–Kier alpha value is -1.84. The fraction of sp³-hybridized carbons (Fsp3) is 0.273. The largest absolute Gasteiger partial charge is 0.340 e. The monoisotopic (exact) mass is 207 g/mol. The van der Waals surface area contributed by atoms with Gasteiger partial charge in [0.2, 0.25) is 5.91 Å². The summed E-state index contributed by atoms with van der Waals surface area (Å²) in [5.74, 6) is -0.863. The molecule has 0 aliphatic heterocycles. The van der Waals surface area contributed by atoms with Crippen molar-refractivity contribution in [2.24, 2.45) is 0 Å². The topological polar surface area (TPSA) is 55.4 Å². The first-order chi connectivity index (χ1) is 7.09. The van der Waals surface area contributed by atoms with Gasteiger partial charge in [-0.25, -0.2) is 4.79 Å². The molecular weight excluding hydrogens is 194 g/mol. The standard InChI is InChI=1S/C11H13NO3/c1-8(10-5-3-4-6-10)7-11(14)15-12-9(2)13/h3-6H,7H2,1-2H3,(H,12,13). The lowest BCUT2D eigenvalue weighted by Crippen LogP contribution is -2.24. The number of allylic oxidation sites excluding steroid dienone is 5. The van der Waals surface area contributed by atoms with E-state index in [0.717, 1.165) is 11.1 Å². The van der Waals surface area contributed by atoms with E-state index in [-0.39, 0.29) is 6.42 Å². The van der Waals surface area contributed by atoms with E-state index < -0.39 is 11.9 Å². The lowest BCUT2D eigenvalue weighted by Gasteiger charge is -2.04. The van der Waals surface area contributed by atoms with Crippen LogP contribution in [-0.2, 0) is 14.4 Å². The predicted octanol–water partition coefficient (Wildman–Crippen LogP) is 1.41. The number of hydroxylamine groups is 1. The molecule has 0 saturated carbocycles. The Balaban J connectivity index is 2.44. The van der Waals surface area contributed by atoms with E-state index in [1.54, 1.807) is 0 Å². The second kappa shape index (κ2) is 5.14. The van der Waals surface area contributed by atoms with Crippen molar-refractivity contribution in [1.82, 2.24) is 5.48 Å². The average Bonchev–Trinajstić information content (AvgIpc) is 2.67. The Bertz CT molecular complexity index is 350. The van der Waals surface area contributed by atoms with Crippen molar-refractivity contribution in [3.8, 4) is 0 Å². The van der Waals surface area contributed by atoms with Crippen molar-refractivity contribution in [1.29, 1.82) is 0 Å². The van der Waals surface area contributed by atoms with Gasteiger partial charge in [-0.2, -0.15) is 5.48 Å². The van der Waals surface area contributed by atoms with Crippen LogP contribution >= 0.6 is 0 Å². The molecule has 1 aliphatic rings. The molecule has 0 aromatic rings. The Morgan fingerprint density at radius 3 is 2.40 bits per heavy atom. The van der Waals surface area contributed by atoms with Gasteiger partial charge in [-0.1, -0.05) is 29.9 Å². The molecule has 1 amide bonds. The zero-order valence-electron chi connectivity index (χ0n) is 8.74. The third-order valence-corrected chi connectivity index (χ3v) is 1.87. The lowest BCUT2D eigenvalue weighted by atomic mass is 10.1. The van der Waals surface area contributed by atoms with Crippen LogP contribution < -0.4 is 5.48 Å². The predicted molar refractivity (Wildman–Crippen MR) is 55.5 cm³/mol. The minimum absolute atomic E-state index is 0.171. The van der Waals surface area contributed by atoms with Gasteiger partial charge < -0.3 is 4.84 Å². The summed E-state index contributed by atoms with van der Waals surface area (Å²) in [4.78, 5) is 26.2. The summed E-state index contributed by atoms with van der Waals surface area (Å²) < 4.78 is 0. The highest BCUT2D eigenvalue weighted by molar-refractivity contribution is 5.77. The summed E-state index contributed by atoms with van der Waals surface area (Å²) in [5, 5.41) is 0. The molecule has 0 fully saturated rings. The molecule has 1 N–H and O–H groups in total. The first kappa shape index (κ1) is 11.2. The Kier molecular flexibility index (Phi) is 3.85. The summed E-state index contributed by atoms with van der Waals surface area (Å²) in [7, 11) is 0. The summed E-state index contributed by atoms with van der Waals surface area (Å²) >= 11 is 0. The quantitative estimate of drug-likeness (QED) is 0.696. The van der Waals surface area contributed by atoms with Crippen LogP contribution in [0.3, 0.4) is 0 Å². The van der Waals surface area contributed by atoms with Crippen LogP contribution in [-0.4, -0.2) is 11.9 Å². The van der Waals surface area contributed by atoms with Crippen LogP contribution in [0.1, 0.15) is 20.3 Å². The number of amides is 1. The molecule has 4 nitrogen and oxygen atoms in total. The van der Waals surface area contributed by atoms with Gasteiger partial charge in [-0.05, 0) is 12.5 Å². The van der Waals surface area contributed by atoms with E-state index in [2.05, 4.69) is 4.84 Å². The average molecular weight is 207 g/mol. The van der Waals surface area contributed by atoms with Gasteiger partial charge in [0.1, 0.15) is 0 Å². The first-order valence-corrected chi connectivity index (χ1v) is 4.60.